The van der Waals surface area contributed by atoms with Gasteiger partial charge in [0.05, 0.1) is 0 Å². The molecule has 0 fully saturated rings. The molecule has 0 aliphatic carbocycles. The predicted molar refractivity (Wildman–Crippen MR) is 98.6 cm³/mol. The molecular formula is C21H18N3O2+. The van der Waals surface area contributed by atoms with E-state index in [1.165, 1.54) is 0 Å². The van der Waals surface area contributed by atoms with Crippen LogP contribution < -0.4 is 20.2 Å². The molecule has 2 heterocycles. The Bertz CT molecular complexity index is 1070. The Morgan fingerprint density at radius 2 is 1.81 bits per heavy atom. The number of benzene rings is 2. The summed E-state index contributed by atoms with van der Waals surface area (Å²) in [5.74, 6) is 1.72. The number of fused-ring (bicyclic) bond motifs is 1. The van der Waals surface area contributed by atoms with Crippen molar-refractivity contribution in [1.82, 2.24) is 0 Å². The zero-order chi connectivity index (χ0) is 18.3. The van der Waals surface area contributed by atoms with E-state index in [0.717, 1.165) is 33.5 Å². The van der Waals surface area contributed by atoms with Gasteiger partial charge in [0.2, 0.25) is 6.79 Å². The SMILES string of the molecule is Cc1ccc(C)c(-c2cc(-c3ccc4c(c3)OCO4)c(C#N)c(N)[nH+]2)c1. The van der Waals surface area contributed by atoms with Gasteiger partial charge < -0.3 is 9.47 Å². The fourth-order valence-electron chi connectivity index (χ4n) is 3.19. The third-order valence-corrected chi connectivity index (χ3v) is 4.58. The van der Waals surface area contributed by atoms with Crippen molar-refractivity contribution >= 4 is 5.82 Å². The summed E-state index contributed by atoms with van der Waals surface area (Å²) in [6.45, 7) is 4.31. The highest BCUT2D eigenvalue weighted by molar-refractivity contribution is 5.79. The van der Waals surface area contributed by atoms with E-state index in [2.05, 4.69) is 43.1 Å². The molecule has 128 valence electrons. The van der Waals surface area contributed by atoms with Gasteiger partial charge in [0.1, 0.15) is 17.3 Å². The van der Waals surface area contributed by atoms with Crippen LogP contribution in [-0.2, 0) is 0 Å². The van der Waals surface area contributed by atoms with Gasteiger partial charge in [-0.2, -0.15) is 5.26 Å². The molecule has 0 atom stereocenters. The van der Waals surface area contributed by atoms with Crippen molar-refractivity contribution in [3.63, 3.8) is 0 Å². The molecule has 0 saturated carbocycles. The molecule has 2 aromatic carbocycles. The summed E-state index contributed by atoms with van der Waals surface area (Å²) in [5.41, 5.74) is 12.4. The van der Waals surface area contributed by atoms with Gasteiger partial charge in [-0.05, 0) is 49.2 Å². The second-order valence-electron chi connectivity index (χ2n) is 6.38. The lowest BCUT2D eigenvalue weighted by Gasteiger charge is -2.10. The molecule has 3 aromatic rings. The van der Waals surface area contributed by atoms with Crippen LogP contribution in [0.3, 0.4) is 0 Å². The molecule has 5 heteroatoms. The first kappa shape index (κ1) is 16.0. The zero-order valence-electron chi connectivity index (χ0n) is 14.6. The lowest BCUT2D eigenvalue weighted by molar-refractivity contribution is -0.347. The van der Waals surface area contributed by atoms with Crippen LogP contribution in [0.1, 0.15) is 16.7 Å². The fourth-order valence-corrected chi connectivity index (χ4v) is 3.19. The first-order chi connectivity index (χ1) is 12.6. The number of aromatic nitrogens is 1. The highest BCUT2D eigenvalue weighted by Gasteiger charge is 2.20. The Morgan fingerprint density at radius 1 is 1.00 bits per heavy atom. The third kappa shape index (κ3) is 2.62. The molecule has 0 amide bonds. The maximum absolute atomic E-state index is 9.61. The van der Waals surface area contributed by atoms with Crippen molar-refractivity contribution in [3.8, 4) is 40.0 Å². The van der Waals surface area contributed by atoms with Crippen molar-refractivity contribution in [2.45, 2.75) is 13.8 Å². The zero-order valence-corrected chi connectivity index (χ0v) is 14.6. The lowest BCUT2D eigenvalue weighted by Crippen LogP contribution is -2.17. The molecular weight excluding hydrogens is 326 g/mol. The average molecular weight is 344 g/mol. The molecule has 4 rings (SSSR count). The average Bonchev–Trinajstić information content (AvgIpc) is 3.10. The van der Waals surface area contributed by atoms with Crippen molar-refractivity contribution in [1.29, 1.82) is 5.26 Å². The van der Waals surface area contributed by atoms with Gasteiger partial charge in [-0.3, -0.25) is 5.73 Å². The van der Waals surface area contributed by atoms with Gasteiger partial charge in [0, 0.05) is 11.1 Å². The molecule has 1 aliphatic rings. The Morgan fingerprint density at radius 3 is 2.62 bits per heavy atom. The summed E-state index contributed by atoms with van der Waals surface area (Å²) in [7, 11) is 0. The minimum atomic E-state index is 0.211. The minimum Gasteiger partial charge on any atom is -0.454 e. The Balaban J connectivity index is 1.93. The highest BCUT2D eigenvalue weighted by atomic mass is 16.7. The van der Waals surface area contributed by atoms with Crippen molar-refractivity contribution in [3.05, 3.63) is 59.2 Å². The van der Waals surface area contributed by atoms with Gasteiger partial charge in [-0.25, -0.2) is 4.98 Å². The van der Waals surface area contributed by atoms with E-state index in [9.17, 15) is 5.26 Å². The standard InChI is InChI=1S/C21H17N3O2/c1-12-3-4-13(2)15(7-12)18-9-16(17(10-22)21(23)24-18)14-5-6-19-20(8-14)26-11-25-19/h3-9H,11H2,1-2H3,(H2,23,24)/p+1. The summed E-state index contributed by atoms with van der Waals surface area (Å²) in [6.07, 6.45) is 0. The van der Waals surface area contributed by atoms with Gasteiger partial charge >= 0.3 is 0 Å². The van der Waals surface area contributed by atoms with Gasteiger partial charge in [-0.15, -0.1) is 0 Å². The van der Waals surface area contributed by atoms with E-state index < -0.39 is 0 Å². The number of aryl methyl sites for hydroxylation is 2. The molecule has 0 unspecified atom stereocenters. The van der Waals surface area contributed by atoms with Crippen LogP contribution in [-0.4, -0.2) is 6.79 Å². The molecule has 1 aromatic heterocycles. The maximum Gasteiger partial charge on any atom is 0.289 e. The van der Waals surface area contributed by atoms with Crippen LogP contribution in [0.2, 0.25) is 0 Å². The number of H-pyrrole nitrogens is 1. The fraction of sp³-hybridized carbons (Fsp3) is 0.143. The van der Waals surface area contributed by atoms with Crippen LogP contribution in [0.4, 0.5) is 5.82 Å². The summed E-state index contributed by atoms with van der Waals surface area (Å²) in [6, 6.07) is 16.1. The Hall–Kier alpha value is -3.52. The summed E-state index contributed by atoms with van der Waals surface area (Å²) in [4.78, 5) is 3.17. The van der Waals surface area contributed by atoms with Crippen molar-refractivity contribution < 1.29 is 14.5 Å². The third-order valence-electron chi connectivity index (χ3n) is 4.58. The van der Waals surface area contributed by atoms with E-state index in [4.69, 9.17) is 15.2 Å². The number of ether oxygens (including phenoxy) is 2. The number of nitrogen functional groups attached to an aromatic ring is 1. The number of nitrogens with two attached hydrogens (primary N) is 1. The number of nitriles is 1. The van der Waals surface area contributed by atoms with Crippen molar-refractivity contribution in [2.75, 3.05) is 12.5 Å². The molecule has 26 heavy (non-hydrogen) atoms. The van der Waals surface area contributed by atoms with E-state index >= 15 is 0 Å². The molecule has 3 N–H and O–H groups in total. The van der Waals surface area contributed by atoms with E-state index in [1.807, 2.05) is 24.3 Å². The van der Waals surface area contributed by atoms with E-state index in [-0.39, 0.29) is 6.79 Å². The molecule has 0 radical (unpaired) electrons. The molecule has 0 bridgehead atoms. The van der Waals surface area contributed by atoms with Gasteiger partial charge in [-0.1, -0.05) is 23.8 Å². The van der Waals surface area contributed by atoms with Gasteiger partial charge in [0.25, 0.3) is 5.82 Å². The normalized spacial score (nSPS) is 12.0. The molecule has 0 spiro atoms. The molecule has 0 saturated heterocycles. The Labute approximate surface area is 151 Å². The number of nitrogens with zero attached hydrogens (tertiary/aromatic N) is 1. The highest BCUT2D eigenvalue weighted by Crippen LogP contribution is 2.38. The maximum atomic E-state index is 9.61. The second kappa shape index (κ2) is 6.08. The second-order valence-corrected chi connectivity index (χ2v) is 6.38. The van der Waals surface area contributed by atoms with Crippen LogP contribution >= 0.6 is 0 Å². The van der Waals surface area contributed by atoms with E-state index in [0.29, 0.717) is 22.9 Å². The Kier molecular flexibility index (Phi) is 3.74. The van der Waals surface area contributed by atoms with Crippen LogP contribution in [0.5, 0.6) is 11.5 Å². The molecule has 5 nitrogen and oxygen atoms in total. The van der Waals surface area contributed by atoms with E-state index in [1.54, 1.807) is 0 Å². The number of rotatable bonds is 2. The van der Waals surface area contributed by atoms with Gasteiger partial charge in [0.15, 0.2) is 11.5 Å². The smallest absolute Gasteiger partial charge is 0.289 e. The quantitative estimate of drug-likeness (QED) is 0.769. The van der Waals surface area contributed by atoms with Crippen LogP contribution in [0.25, 0.3) is 22.4 Å². The topological polar surface area (TPSA) is 82.4 Å². The lowest BCUT2D eigenvalue weighted by atomic mass is 9.96. The largest absolute Gasteiger partial charge is 0.454 e. The van der Waals surface area contributed by atoms with Crippen LogP contribution in [0.15, 0.2) is 42.5 Å². The number of hydrogen-bond donors (Lipinski definition) is 1. The first-order valence-corrected chi connectivity index (χ1v) is 8.30. The van der Waals surface area contributed by atoms with Crippen molar-refractivity contribution in [2.24, 2.45) is 0 Å². The number of pyridine rings is 1. The minimum absolute atomic E-state index is 0.211. The summed E-state index contributed by atoms with van der Waals surface area (Å²) < 4.78 is 10.8. The predicted octanol–water partition coefficient (Wildman–Crippen LogP) is 3.63. The first-order valence-electron chi connectivity index (χ1n) is 8.30. The number of aromatic amines is 1. The number of anilines is 1. The van der Waals surface area contributed by atoms with Crippen LogP contribution in [0, 0.1) is 25.2 Å². The number of nitrogens with one attached hydrogen (secondary N) is 1. The number of hydrogen-bond acceptors (Lipinski definition) is 4. The molecule has 1 aliphatic heterocycles. The summed E-state index contributed by atoms with van der Waals surface area (Å²) in [5, 5.41) is 9.61. The summed E-state index contributed by atoms with van der Waals surface area (Å²) >= 11 is 0. The monoisotopic (exact) mass is 344 g/mol.